The van der Waals surface area contributed by atoms with Crippen LogP contribution in [0.3, 0.4) is 0 Å². The molecule has 1 rings (SSSR count). The van der Waals surface area contributed by atoms with Crippen LogP contribution in [0.15, 0.2) is 122 Å². The first-order chi connectivity index (χ1) is 39.3. The fourth-order valence-corrected chi connectivity index (χ4v) is 9.72. The van der Waals surface area contributed by atoms with Crippen molar-refractivity contribution in [2.45, 2.75) is 307 Å². The lowest BCUT2D eigenvalue weighted by molar-refractivity contribution is -0.302. The van der Waals surface area contributed by atoms with Gasteiger partial charge in [0.1, 0.15) is 24.4 Å². The molecule has 1 amide bonds. The molecule has 1 aliphatic heterocycles. The maximum Gasteiger partial charge on any atom is 0.220 e. The van der Waals surface area contributed by atoms with Crippen LogP contribution in [0, 0.1) is 0 Å². The molecule has 0 bridgehead atoms. The quantitative estimate of drug-likeness (QED) is 0.0261. The van der Waals surface area contributed by atoms with Gasteiger partial charge in [0.2, 0.25) is 5.91 Å². The van der Waals surface area contributed by atoms with E-state index in [0.29, 0.717) is 19.3 Å². The standard InChI is InChI=1S/C71H121NO8/c1-3-5-7-9-11-13-15-17-19-21-23-25-27-29-30-31-32-33-34-35-36-37-39-41-43-45-47-49-51-53-55-57-59-61-67(75)72-64(63-79-71-70(78)69(77)68(76)66(62-73)80-71)65(74)60-58-56-54-52-50-48-46-44-42-40-38-28-26-24-22-20-18-16-14-12-10-8-6-4-2/h5,7,11,13,17,19,23,25,29-30,32-33,35-36,39,41,45,47,51,53,64-66,68-71,73-74,76-78H,3-4,6,8-10,12,14-16,18,20-22,24,26-28,31,34,37-38,40,42-44,46,48-50,52,54-63H2,1-2H3,(H,72,75)/b7-5-,13-11-,19-17-,25-23-,30-29-,33-32-,36-35-,41-39-,47-45-,53-51-. The van der Waals surface area contributed by atoms with Crippen LogP contribution >= 0.6 is 0 Å². The average Bonchev–Trinajstić information content (AvgIpc) is 3.46. The highest BCUT2D eigenvalue weighted by Gasteiger charge is 2.44. The van der Waals surface area contributed by atoms with Crippen LogP contribution in [0.4, 0.5) is 0 Å². The zero-order chi connectivity index (χ0) is 57.9. The number of aliphatic hydroxyl groups excluding tert-OH is 5. The topological polar surface area (TPSA) is 149 Å². The van der Waals surface area contributed by atoms with E-state index in [1.807, 2.05) is 0 Å². The van der Waals surface area contributed by atoms with Crippen LogP contribution in [-0.4, -0.2) is 87.5 Å². The number of hydrogen-bond acceptors (Lipinski definition) is 8. The molecule has 7 unspecified atom stereocenters. The highest BCUT2D eigenvalue weighted by molar-refractivity contribution is 5.76. The van der Waals surface area contributed by atoms with E-state index in [-0.39, 0.29) is 12.5 Å². The van der Waals surface area contributed by atoms with Gasteiger partial charge in [-0.2, -0.15) is 0 Å². The first-order valence-electron chi connectivity index (χ1n) is 32.7. The Bertz CT molecular complexity index is 1670. The van der Waals surface area contributed by atoms with Crippen molar-refractivity contribution in [1.29, 1.82) is 0 Å². The van der Waals surface area contributed by atoms with E-state index in [1.165, 1.54) is 135 Å². The fourth-order valence-electron chi connectivity index (χ4n) is 9.72. The molecule has 458 valence electrons. The maximum atomic E-state index is 13.1. The third-order valence-corrected chi connectivity index (χ3v) is 14.8. The van der Waals surface area contributed by atoms with E-state index >= 15 is 0 Å². The van der Waals surface area contributed by atoms with E-state index in [9.17, 15) is 30.3 Å². The SMILES string of the molecule is CC/C=C\C/C=C\C/C=C\C/C=C\C/C=C\C/C=C\C/C=C\C/C=C\C/C=C\C/C=C\CCCCC(=O)NC(COC1OC(CO)C(O)C(O)C1O)C(O)CCCCCCCCCCCCCCCCCCCCCCCCCC. The van der Waals surface area contributed by atoms with Crippen LogP contribution < -0.4 is 5.32 Å². The van der Waals surface area contributed by atoms with Crippen LogP contribution in [-0.2, 0) is 14.3 Å². The van der Waals surface area contributed by atoms with Gasteiger partial charge in [-0.3, -0.25) is 4.79 Å². The van der Waals surface area contributed by atoms with Gasteiger partial charge in [0.25, 0.3) is 0 Å². The highest BCUT2D eigenvalue weighted by Crippen LogP contribution is 2.23. The van der Waals surface area contributed by atoms with Gasteiger partial charge in [0.05, 0.1) is 25.4 Å². The van der Waals surface area contributed by atoms with Gasteiger partial charge in [0.15, 0.2) is 6.29 Å². The lowest BCUT2D eigenvalue weighted by atomic mass is 9.99. The monoisotopic (exact) mass is 1120 g/mol. The van der Waals surface area contributed by atoms with Gasteiger partial charge in [-0.05, 0) is 89.9 Å². The molecule has 1 saturated heterocycles. The van der Waals surface area contributed by atoms with Gasteiger partial charge in [-0.25, -0.2) is 0 Å². The van der Waals surface area contributed by atoms with Crippen molar-refractivity contribution < 1.29 is 39.8 Å². The summed E-state index contributed by atoms with van der Waals surface area (Å²) in [4.78, 5) is 13.1. The zero-order valence-electron chi connectivity index (χ0n) is 51.0. The molecule has 0 spiro atoms. The van der Waals surface area contributed by atoms with Gasteiger partial charge in [-0.15, -0.1) is 0 Å². The van der Waals surface area contributed by atoms with E-state index < -0.39 is 49.5 Å². The van der Waals surface area contributed by atoms with Crippen molar-refractivity contribution in [2.24, 2.45) is 0 Å². The molecule has 1 heterocycles. The minimum absolute atomic E-state index is 0.163. The van der Waals surface area contributed by atoms with Crippen LogP contribution in [0.2, 0.25) is 0 Å². The molecule has 0 aromatic heterocycles. The Morgan fingerprint density at radius 2 is 0.775 bits per heavy atom. The Balaban J connectivity index is 2.23. The molecule has 0 aromatic rings. The number of ether oxygens (including phenoxy) is 2. The molecule has 9 nitrogen and oxygen atoms in total. The lowest BCUT2D eigenvalue weighted by Gasteiger charge is -2.40. The van der Waals surface area contributed by atoms with E-state index in [1.54, 1.807) is 0 Å². The number of allylic oxidation sites excluding steroid dienone is 20. The second-order valence-electron chi connectivity index (χ2n) is 22.2. The number of aliphatic hydroxyl groups is 5. The molecule has 0 aromatic carbocycles. The lowest BCUT2D eigenvalue weighted by Crippen LogP contribution is -2.60. The predicted molar refractivity (Wildman–Crippen MR) is 340 cm³/mol. The maximum absolute atomic E-state index is 13.1. The number of hydrogen-bond donors (Lipinski definition) is 6. The largest absolute Gasteiger partial charge is 0.394 e. The Morgan fingerprint density at radius 3 is 1.12 bits per heavy atom. The third kappa shape index (κ3) is 47.1. The van der Waals surface area contributed by atoms with Crippen molar-refractivity contribution >= 4 is 5.91 Å². The molecule has 1 aliphatic rings. The molecule has 1 fully saturated rings. The van der Waals surface area contributed by atoms with Gasteiger partial charge in [-0.1, -0.05) is 289 Å². The normalized spacial score (nSPS) is 19.3. The molecular weight excluding hydrogens is 995 g/mol. The van der Waals surface area contributed by atoms with Crippen LogP contribution in [0.1, 0.15) is 264 Å². The Kier molecular flexibility index (Phi) is 54.8. The predicted octanol–water partition coefficient (Wildman–Crippen LogP) is 17.5. The second-order valence-corrected chi connectivity index (χ2v) is 22.2. The van der Waals surface area contributed by atoms with Gasteiger partial charge in [0, 0.05) is 6.42 Å². The van der Waals surface area contributed by atoms with Crippen molar-refractivity contribution in [1.82, 2.24) is 5.32 Å². The molecule has 6 N–H and O–H groups in total. The summed E-state index contributed by atoms with van der Waals surface area (Å²) in [6.45, 7) is 3.72. The summed E-state index contributed by atoms with van der Waals surface area (Å²) in [7, 11) is 0. The third-order valence-electron chi connectivity index (χ3n) is 14.8. The minimum atomic E-state index is -1.57. The number of carbonyl (C=O) groups is 1. The Morgan fingerprint density at radius 1 is 0.438 bits per heavy atom. The number of unbranched alkanes of at least 4 members (excludes halogenated alkanes) is 25. The van der Waals surface area contributed by atoms with Crippen molar-refractivity contribution in [3.63, 3.8) is 0 Å². The van der Waals surface area contributed by atoms with Crippen molar-refractivity contribution in [2.75, 3.05) is 13.2 Å². The van der Waals surface area contributed by atoms with Gasteiger partial charge < -0.3 is 40.3 Å². The summed E-state index contributed by atoms with van der Waals surface area (Å²) in [5.41, 5.74) is 0. The minimum Gasteiger partial charge on any atom is -0.394 e. The Labute approximate surface area is 490 Å². The summed E-state index contributed by atoms with van der Waals surface area (Å²) in [5, 5.41) is 54.8. The molecule has 9 heteroatoms. The first kappa shape index (κ1) is 74.6. The molecule has 0 saturated carbocycles. The van der Waals surface area contributed by atoms with E-state index in [4.69, 9.17) is 9.47 Å². The number of rotatable bonds is 55. The summed E-state index contributed by atoms with van der Waals surface area (Å²) < 4.78 is 11.3. The zero-order valence-corrected chi connectivity index (χ0v) is 51.0. The van der Waals surface area contributed by atoms with E-state index in [2.05, 4.69) is 141 Å². The molecule has 7 atom stereocenters. The van der Waals surface area contributed by atoms with Gasteiger partial charge >= 0.3 is 0 Å². The summed E-state index contributed by atoms with van der Waals surface area (Å²) in [6, 6.07) is -0.753. The molecule has 0 aliphatic carbocycles. The van der Waals surface area contributed by atoms with E-state index in [0.717, 1.165) is 96.3 Å². The Hall–Kier alpha value is -3.41. The summed E-state index contributed by atoms with van der Waals surface area (Å²) in [5.74, 6) is -0.189. The van der Waals surface area contributed by atoms with Crippen molar-refractivity contribution in [3.8, 4) is 0 Å². The van der Waals surface area contributed by atoms with Crippen LogP contribution in [0.25, 0.3) is 0 Å². The summed E-state index contributed by atoms with van der Waals surface area (Å²) in [6.07, 6.45) is 81.0. The molecule has 0 radical (unpaired) electrons. The number of carbonyl (C=O) groups excluding carboxylic acids is 1. The fraction of sp³-hybridized carbons (Fsp3) is 0.704. The molecule has 80 heavy (non-hydrogen) atoms. The smallest absolute Gasteiger partial charge is 0.220 e. The highest BCUT2D eigenvalue weighted by atomic mass is 16.7. The average molecular weight is 1120 g/mol. The second kappa shape index (κ2) is 58.8. The first-order valence-corrected chi connectivity index (χ1v) is 32.7. The summed E-state index contributed by atoms with van der Waals surface area (Å²) >= 11 is 0. The van der Waals surface area contributed by atoms with Crippen LogP contribution in [0.5, 0.6) is 0 Å². The van der Waals surface area contributed by atoms with Crippen molar-refractivity contribution in [3.05, 3.63) is 122 Å². The number of amides is 1. The number of nitrogens with one attached hydrogen (secondary N) is 1. The molecular formula is C71H121NO8.